The molecule has 1 amide bonds. The van der Waals surface area contributed by atoms with Crippen molar-refractivity contribution in [3.8, 4) is 5.75 Å². The lowest BCUT2D eigenvalue weighted by atomic mass is 10.1. The summed E-state index contributed by atoms with van der Waals surface area (Å²) in [5.41, 5.74) is 2.01. The summed E-state index contributed by atoms with van der Waals surface area (Å²) in [6.45, 7) is 4.45. The molecular weight excluding hydrogens is 386 g/mol. The van der Waals surface area contributed by atoms with E-state index in [4.69, 9.17) is 4.74 Å². The molecule has 0 aliphatic heterocycles. The fraction of sp³-hybridized carbons (Fsp3) is 0.435. The fourth-order valence-electron chi connectivity index (χ4n) is 3.45. The van der Waals surface area contributed by atoms with Gasteiger partial charge < -0.3 is 9.64 Å². The van der Waals surface area contributed by atoms with Gasteiger partial charge >= 0.3 is 0 Å². The van der Waals surface area contributed by atoms with E-state index in [9.17, 15) is 13.2 Å². The zero-order chi connectivity index (χ0) is 21.0. The van der Waals surface area contributed by atoms with Gasteiger partial charge in [-0.15, -0.1) is 0 Å². The van der Waals surface area contributed by atoms with E-state index in [2.05, 4.69) is 6.92 Å². The van der Waals surface area contributed by atoms with Gasteiger partial charge in [0.05, 0.1) is 17.8 Å². The summed E-state index contributed by atoms with van der Waals surface area (Å²) in [7, 11) is -1.86. The van der Waals surface area contributed by atoms with Crippen LogP contribution in [0, 0.1) is 12.8 Å². The van der Waals surface area contributed by atoms with Gasteiger partial charge in [0.15, 0.2) is 9.84 Å². The summed E-state index contributed by atoms with van der Waals surface area (Å²) in [5.74, 6) is 0.985. The Bertz CT molecular complexity index is 932. The molecule has 0 radical (unpaired) electrons. The molecule has 6 heteroatoms. The lowest BCUT2D eigenvalue weighted by Gasteiger charge is -2.30. The van der Waals surface area contributed by atoms with Gasteiger partial charge in [0, 0.05) is 19.0 Å². The van der Waals surface area contributed by atoms with E-state index in [0.29, 0.717) is 12.5 Å². The molecule has 5 nitrogen and oxygen atoms in total. The number of rotatable bonds is 9. The molecule has 0 spiro atoms. The number of sulfone groups is 1. The van der Waals surface area contributed by atoms with Gasteiger partial charge in [-0.3, -0.25) is 4.79 Å². The van der Waals surface area contributed by atoms with Crippen molar-refractivity contribution in [3.05, 3.63) is 59.7 Å². The largest absolute Gasteiger partial charge is 0.497 e. The Morgan fingerprint density at radius 2 is 1.72 bits per heavy atom. The fourth-order valence-corrected chi connectivity index (χ4v) is 4.68. The highest BCUT2D eigenvalue weighted by molar-refractivity contribution is 7.91. The average molecular weight is 416 g/mol. The highest BCUT2D eigenvalue weighted by Gasteiger charge is 2.34. The molecule has 2 aromatic carbocycles. The third-order valence-corrected chi connectivity index (χ3v) is 7.32. The maximum atomic E-state index is 13.0. The van der Waals surface area contributed by atoms with Gasteiger partial charge in [-0.1, -0.05) is 29.8 Å². The van der Waals surface area contributed by atoms with Crippen molar-refractivity contribution >= 4 is 15.7 Å². The van der Waals surface area contributed by atoms with Crippen LogP contribution >= 0.6 is 0 Å². The highest BCUT2D eigenvalue weighted by Crippen LogP contribution is 2.36. The van der Waals surface area contributed by atoms with Crippen LogP contribution in [0.15, 0.2) is 53.4 Å². The van der Waals surface area contributed by atoms with E-state index in [1.54, 1.807) is 31.4 Å². The average Bonchev–Trinajstić information content (AvgIpc) is 3.56. The first-order valence-electron chi connectivity index (χ1n) is 10.0. The molecule has 1 unspecified atom stereocenters. The second-order valence-electron chi connectivity index (χ2n) is 7.83. The van der Waals surface area contributed by atoms with E-state index < -0.39 is 9.84 Å². The summed E-state index contributed by atoms with van der Waals surface area (Å²) in [5, 5.41) is 0. The molecule has 1 aliphatic carbocycles. The third-order valence-electron chi connectivity index (χ3n) is 5.59. The Hall–Kier alpha value is -2.34. The molecule has 0 aromatic heterocycles. The van der Waals surface area contributed by atoms with Gasteiger partial charge in [0.25, 0.3) is 0 Å². The zero-order valence-electron chi connectivity index (χ0n) is 17.3. The monoisotopic (exact) mass is 415 g/mol. The summed E-state index contributed by atoms with van der Waals surface area (Å²) >= 11 is 0. The number of hydrogen-bond donors (Lipinski definition) is 0. The van der Waals surface area contributed by atoms with Crippen LogP contribution in [0.2, 0.25) is 0 Å². The predicted molar refractivity (Wildman–Crippen MR) is 114 cm³/mol. The Morgan fingerprint density at radius 3 is 2.28 bits per heavy atom. The minimum absolute atomic E-state index is 0.0105. The van der Waals surface area contributed by atoms with Gasteiger partial charge in [0.1, 0.15) is 5.75 Å². The Balaban J connectivity index is 1.69. The number of hydrogen-bond acceptors (Lipinski definition) is 4. The number of ether oxygens (including phenoxy) is 1. The molecule has 2 aromatic rings. The first kappa shape index (κ1) is 21.4. The van der Waals surface area contributed by atoms with Crippen molar-refractivity contribution in [2.24, 2.45) is 5.92 Å². The summed E-state index contributed by atoms with van der Waals surface area (Å²) in [4.78, 5) is 15.1. The second kappa shape index (κ2) is 8.99. The van der Waals surface area contributed by atoms with Crippen LogP contribution in [-0.2, 0) is 21.2 Å². The zero-order valence-corrected chi connectivity index (χ0v) is 18.1. The number of amides is 1. The van der Waals surface area contributed by atoms with E-state index in [1.807, 2.05) is 36.1 Å². The van der Waals surface area contributed by atoms with Crippen molar-refractivity contribution in [1.82, 2.24) is 4.90 Å². The first-order valence-corrected chi connectivity index (χ1v) is 11.7. The molecule has 0 N–H and O–H groups in total. The standard InChI is InChI=1S/C23H29NO4S/c1-17-4-12-22(13-5-17)29(26,27)15-14-23(25)24(18(2)20-8-9-20)16-19-6-10-21(28-3)11-7-19/h4-7,10-13,18,20H,8-9,14-16H2,1-3H3. The van der Waals surface area contributed by atoms with Gasteiger partial charge in [-0.2, -0.15) is 0 Å². The molecule has 1 saturated carbocycles. The molecule has 0 saturated heterocycles. The lowest BCUT2D eigenvalue weighted by Crippen LogP contribution is -2.40. The topological polar surface area (TPSA) is 63.7 Å². The van der Waals surface area contributed by atoms with Crippen LogP contribution in [0.25, 0.3) is 0 Å². The second-order valence-corrected chi connectivity index (χ2v) is 9.94. The maximum absolute atomic E-state index is 13.0. The first-order chi connectivity index (χ1) is 13.8. The lowest BCUT2D eigenvalue weighted by molar-refractivity contribution is -0.133. The van der Waals surface area contributed by atoms with Crippen LogP contribution in [0.1, 0.15) is 37.3 Å². The number of nitrogens with zero attached hydrogens (tertiary/aromatic N) is 1. The molecule has 156 valence electrons. The van der Waals surface area contributed by atoms with Gasteiger partial charge in [0.2, 0.25) is 5.91 Å². The van der Waals surface area contributed by atoms with E-state index >= 15 is 0 Å². The SMILES string of the molecule is COc1ccc(CN(C(=O)CCS(=O)(=O)c2ccc(C)cc2)C(C)C2CC2)cc1. The van der Waals surface area contributed by atoms with Crippen molar-refractivity contribution in [1.29, 1.82) is 0 Å². The van der Waals surface area contributed by atoms with Crippen LogP contribution in [0.3, 0.4) is 0 Å². The van der Waals surface area contributed by atoms with Crippen molar-refractivity contribution in [2.45, 2.75) is 50.6 Å². The number of carbonyl (C=O) groups is 1. The normalized spacial score (nSPS) is 15.0. The molecular formula is C23H29NO4S. The molecule has 0 heterocycles. The number of aryl methyl sites for hydroxylation is 1. The summed E-state index contributed by atoms with van der Waals surface area (Å²) in [6, 6.07) is 14.5. The molecule has 1 atom stereocenters. The predicted octanol–water partition coefficient (Wildman–Crippen LogP) is 3.99. The van der Waals surface area contributed by atoms with Crippen LogP contribution < -0.4 is 4.74 Å². The third kappa shape index (κ3) is 5.60. The summed E-state index contributed by atoms with van der Waals surface area (Å²) < 4.78 is 30.5. The Morgan fingerprint density at radius 1 is 1.10 bits per heavy atom. The quantitative estimate of drug-likeness (QED) is 0.621. The molecule has 3 rings (SSSR count). The molecule has 29 heavy (non-hydrogen) atoms. The van der Waals surface area contributed by atoms with E-state index in [1.165, 1.54) is 0 Å². The minimum atomic E-state index is -3.48. The van der Waals surface area contributed by atoms with E-state index in [0.717, 1.165) is 29.7 Å². The van der Waals surface area contributed by atoms with Gasteiger partial charge in [-0.05, 0) is 62.4 Å². The number of methoxy groups -OCH3 is 1. The van der Waals surface area contributed by atoms with Crippen molar-refractivity contribution < 1.29 is 17.9 Å². The highest BCUT2D eigenvalue weighted by atomic mass is 32.2. The summed E-state index contributed by atoms with van der Waals surface area (Å²) in [6.07, 6.45) is 2.23. The van der Waals surface area contributed by atoms with Crippen LogP contribution in [-0.4, -0.2) is 38.1 Å². The van der Waals surface area contributed by atoms with Crippen LogP contribution in [0.5, 0.6) is 5.75 Å². The number of carbonyl (C=O) groups excluding carboxylic acids is 1. The molecule has 0 bridgehead atoms. The maximum Gasteiger partial charge on any atom is 0.224 e. The Kier molecular flexibility index (Phi) is 6.63. The molecule has 1 fully saturated rings. The van der Waals surface area contributed by atoms with Gasteiger partial charge in [-0.25, -0.2) is 8.42 Å². The minimum Gasteiger partial charge on any atom is -0.497 e. The number of benzene rings is 2. The van der Waals surface area contributed by atoms with E-state index in [-0.39, 0.29) is 29.0 Å². The van der Waals surface area contributed by atoms with Crippen molar-refractivity contribution in [2.75, 3.05) is 12.9 Å². The smallest absolute Gasteiger partial charge is 0.224 e. The van der Waals surface area contributed by atoms with Crippen molar-refractivity contribution in [3.63, 3.8) is 0 Å². The molecule has 1 aliphatic rings. The van der Waals surface area contributed by atoms with Crippen LogP contribution in [0.4, 0.5) is 0 Å². The Labute approximate surface area is 173 Å².